The number of hydrogen-bond donors (Lipinski definition) is 0. The summed E-state index contributed by atoms with van der Waals surface area (Å²) in [5.74, 6) is 0. The molecule has 1 aliphatic heterocycles. The van der Waals surface area contributed by atoms with Crippen molar-refractivity contribution in [2.45, 2.75) is 38.7 Å². The molecule has 80 valence electrons. The second-order valence-corrected chi connectivity index (χ2v) is 4.21. The molecule has 14 heavy (non-hydrogen) atoms. The standard InChI is InChI=1S/C11H19NO2/c1-5-11(8-9(2)3)6-7-12(4)10(13)14-11/h2,5-8H2,1,3-4H3. The van der Waals surface area contributed by atoms with Crippen molar-refractivity contribution in [2.24, 2.45) is 0 Å². The van der Waals surface area contributed by atoms with Gasteiger partial charge in [0.05, 0.1) is 0 Å². The van der Waals surface area contributed by atoms with E-state index in [-0.39, 0.29) is 11.7 Å². The van der Waals surface area contributed by atoms with Crippen molar-refractivity contribution in [3.63, 3.8) is 0 Å². The molecule has 0 N–H and O–H groups in total. The molecule has 1 rings (SSSR count). The molecule has 1 atom stereocenters. The summed E-state index contributed by atoms with van der Waals surface area (Å²) >= 11 is 0. The maximum atomic E-state index is 11.4. The third kappa shape index (κ3) is 2.28. The van der Waals surface area contributed by atoms with Gasteiger partial charge in [-0.1, -0.05) is 19.1 Å². The highest BCUT2D eigenvalue weighted by Gasteiger charge is 2.37. The van der Waals surface area contributed by atoms with Gasteiger partial charge in [-0.2, -0.15) is 0 Å². The number of carbonyl (C=O) groups excluding carboxylic acids is 1. The zero-order valence-electron chi connectivity index (χ0n) is 9.30. The van der Waals surface area contributed by atoms with Crippen LogP contribution in [0, 0.1) is 0 Å². The van der Waals surface area contributed by atoms with E-state index in [2.05, 4.69) is 13.5 Å². The molecule has 0 aromatic rings. The highest BCUT2D eigenvalue weighted by atomic mass is 16.6. The predicted octanol–water partition coefficient (Wildman–Crippen LogP) is 2.57. The molecule has 1 heterocycles. The van der Waals surface area contributed by atoms with Gasteiger partial charge in [-0.15, -0.1) is 0 Å². The summed E-state index contributed by atoms with van der Waals surface area (Å²) < 4.78 is 5.47. The summed E-state index contributed by atoms with van der Waals surface area (Å²) in [4.78, 5) is 13.0. The molecule has 1 fully saturated rings. The molecule has 0 aromatic heterocycles. The van der Waals surface area contributed by atoms with Crippen molar-refractivity contribution in [1.29, 1.82) is 0 Å². The van der Waals surface area contributed by atoms with Crippen LogP contribution in [0.3, 0.4) is 0 Å². The minimum atomic E-state index is -0.296. The quantitative estimate of drug-likeness (QED) is 0.651. The predicted molar refractivity (Wildman–Crippen MR) is 56.2 cm³/mol. The molecule has 3 nitrogen and oxygen atoms in total. The lowest BCUT2D eigenvalue weighted by atomic mass is 9.88. The zero-order chi connectivity index (χ0) is 10.8. The molecular weight excluding hydrogens is 178 g/mol. The van der Waals surface area contributed by atoms with Crippen LogP contribution in [0.4, 0.5) is 4.79 Å². The Morgan fingerprint density at radius 1 is 1.71 bits per heavy atom. The number of nitrogens with zero attached hydrogens (tertiary/aromatic N) is 1. The van der Waals surface area contributed by atoms with Gasteiger partial charge in [0.15, 0.2) is 0 Å². The van der Waals surface area contributed by atoms with Crippen molar-refractivity contribution >= 4 is 6.09 Å². The number of carbonyl (C=O) groups is 1. The number of rotatable bonds is 3. The summed E-state index contributed by atoms with van der Waals surface area (Å²) in [6.07, 6.45) is 2.33. The minimum absolute atomic E-state index is 0.209. The second kappa shape index (κ2) is 4.03. The molecule has 0 aromatic carbocycles. The smallest absolute Gasteiger partial charge is 0.410 e. The van der Waals surface area contributed by atoms with E-state index in [1.807, 2.05) is 6.92 Å². The molecule has 0 radical (unpaired) electrons. The molecular formula is C11H19NO2. The number of amides is 1. The highest BCUT2D eigenvalue weighted by Crippen LogP contribution is 2.31. The van der Waals surface area contributed by atoms with Gasteiger partial charge < -0.3 is 9.64 Å². The topological polar surface area (TPSA) is 29.5 Å². The Morgan fingerprint density at radius 2 is 2.36 bits per heavy atom. The summed E-state index contributed by atoms with van der Waals surface area (Å²) in [5, 5.41) is 0. The van der Waals surface area contributed by atoms with Crippen molar-refractivity contribution in [2.75, 3.05) is 13.6 Å². The summed E-state index contributed by atoms with van der Waals surface area (Å²) in [6, 6.07) is 0. The fraction of sp³-hybridized carbons (Fsp3) is 0.727. The van der Waals surface area contributed by atoms with Crippen molar-refractivity contribution in [3.8, 4) is 0 Å². The lowest BCUT2D eigenvalue weighted by molar-refractivity contribution is -0.0449. The van der Waals surface area contributed by atoms with E-state index in [0.717, 1.165) is 31.4 Å². The van der Waals surface area contributed by atoms with Crippen LogP contribution in [0.5, 0.6) is 0 Å². The van der Waals surface area contributed by atoms with Gasteiger partial charge in [-0.05, 0) is 13.3 Å². The molecule has 3 heteroatoms. The highest BCUT2D eigenvalue weighted by molar-refractivity contribution is 5.68. The van der Waals surface area contributed by atoms with Crippen molar-refractivity contribution in [3.05, 3.63) is 12.2 Å². The Labute approximate surface area is 85.7 Å². The molecule has 0 spiro atoms. The Bertz CT molecular complexity index is 250. The molecule has 1 aliphatic rings. The first kappa shape index (κ1) is 11.1. The normalized spacial score (nSPS) is 27.4. The van der Waals surface area contributed by atoms with E-state index in [1.165, 1.54) is 0 Å². The first-order chi connectivity index (χ1) is 6.49. The Kier molecular flexibility index (Phi) is 3.19. The van der Waals surface area contributed by atoms with Crippen molar-refractivity contribution < 1.29 is 9.53 Å². The summed E-state index contributed by atoms with van der Waals surface area (Å²) in [5.41, 5.74) is 0.777. The van der Waals surface area contributed by atoms with E-state index < -0.39 is 0 Å². The third-order valence-electron chi connectivity index (χ3n) is 2.79. The van der Waals surface area contributed by atoms with E-state index in [4.69, 9.17) is 4.74 Å². The Hall–Kier alpha value is -0.990. The van der Waals surface area contributed by atoms with Crippen LogP contribution in [0.1, 0.15) is 33.1 Å². The van der Waals surface area contributed by atoms with Crippen LogP contribution in [-0.4, -0.2) is 30.2 Å². The van der Waals surface area contributed by atoms with E-state index in [1.54, 1.807) is 11.9 Å². The number of ether oxygens (including phenoxy) is 1. The second-order valence-electron chi connectivity index (χ2n) is 4.21. The Morgan fingerprint density at radius 3 is 2.79 bits per heavy atom. The largest absolute Gasteiger partial charge is 0.442 e. The van der Waals surface area contributed by atoms with Crippen LogP contribution in [0.25, 0.3) is 0 Å². The molecule has 0 aliphatic carbocycles. The zero-order valence-corrected chi connectivity index (χ0v) is 9.30. The molecule has 1 saturated heterocycles. The van der Waals surface area contributed by atoms with Crippen LogP contribution in [-0.2, 0) is 4.74 Å². The Balaban J connectivity index is 2.71. The van der Waals surface area contributed by atoms with Gasteiger partial charge in [0.2, 0.25) is 0 Å². The van der Waals surface area contributed by atoms with E-state index in [0.29, 0.717) is 0 Å². The monoisotopic (exact) mass is 197 g/mol. The lowest BCUT2D eigenvalue weighted by Gasteiger charge is -2.39. The van der Waals surface area contributed by atoms with E-state index >= 15 is 0 Å². The van der Waals surface area contributed by atoms with Crippen LogP contribution >= 0.6 is 0 Å². The van der Waals surface area contributed by atoms with Crippen LogP contribution in [0.15, 0.2) is 12.2 Å². The van der Waals surface area contributed by atoms with Crippen molar-refractivity contribution in [1.82, 2.24) is 4.90 Å². The molecule has 0 bridgehead atoms. The minimum Gasteiger partial charge on any atom is -0.442 e. The first-order valence-electron chi connectivity index (χ1n) is 5.07. The van der Waals surface area contributed by atoms with Gasteiger partial charge in [0.25, 0.3) is 0 Å². The third-order valence-corrected chi connectivity index (χ3v) is 2.79. The summed E-state index contributed by atoms with van der Waals surface area (Å²) in [7, 11) is 1.77. The van der Waals surface area contributed by atoms with Gasteiger partial charge in [-0.25, -0.2) is 4.79 Å². The lowest BCUT2D eigenvalue weighted by Crippen LogP contribution is -2.47. The van der Waals surface area contributed by atoms with E-state index in [9.17, 15) is 4.79 Å². The maximum Gasteiger partial charge on any atom is 0.410 e. The molecule has 1 amide bonds. The van der Waals surface area contributed by atoms with Gasteiger partial charge >= 0.3 is 6.09 Å². The number of hydrogen-bond acceptors (Lipinski definition) is 2. The number of cyclic esters (lactones) is 1. The van der Waals surface area contributed by atoms with Crippen LogP contribution < -0.4 is 0 Å². The average molecular weight is 197 g/mol. The summed E-state index contributed by atoms with van der Waals surface area (Å²) in [6.45, 7) is 8.69. The SMILES string of the molecule is C=C(C)CC1(CC)CCN(C)C(=O)O1. The average Bonchev–Trinajstić information content (AvgIpc) is 2.11. The molecule has 0 saturated carbocycles. The van der Waals surface area contributed by atoms with Gasteiger partial charge in [0, 0.05) is 26.4 Å². The van der Waals surface area contributed by atoms with Crippen LogP contribution in [0.2, 0.25) is 0 Å². The fourth-order valence-electron chi connectivity index (χ4n) is 1.83. The fourth-order valence-corrected chi connectivity index (χ4v) is 1.83. The molecule has 1 unspecified atom stereocenters. The first-order valence-corrected chi connectivity index (χ1v) is 5.07. The maximum absolute atomic E-state index is 11.4. The van der Waals surface area contributed by atoms with Gasteiger partial charge in [-0.3, -0.25) is 0 Å². The van der Waals surface area contributed by atoms with Gasteiger partial charge in [0.1, 0.15) is 5.60 Å².